The van der Waals surface area contributed by atoms with Crippen molar-refractivity contribution in [1.29, 1.82) is 5.26 Å². The third-order valence-electron chi connectivity index (χ3n) is 2.67. The van der Waals surface area contributed by atoms with Crippen LogP contribution in [0.1, 0.15) is 25.1 Å². The summed E-state index contributed by atoms with van der Waals surface area (Å²) in [6, 6.07) is 5.76. The standard InChI is InChI=1S/C15H16N4OS2/c1-10(2)7-12-4-3-11(8-16)14(18-12)22-9-13(20)19-15-17-5-6-21-15/h3-6,10H,7,9H2,1-2H3,(H,17,19,20). The Hall–Kier alpha value is -1.91. The Labute approximate surface area is 137 Å². The molecule has 0 aliphatic heterocycles. The van der Waals surface area contributed by atoms with E-state index in [1.165, 1.54) is 23.1 Å². The van der Waals surface area contributed by atoms with Crippen LogP contribution in [0.2, 0.25) is 0 Å². The summed E-state index contributed by atoms with van der Waals surface area (Å²) in [5.74, 6) is 0.540. The summed E-state index contributed by atoms with van der Waals surface area (Å²) in [5, 5.41) is 14.8. The molecule has 114 valence electrons. The minimum absolute atomic E-state index is 0.153. The van der Waals surface area contributed by atoms with Crippen molar-refractivity contribution in [2.45, 2.75) is 25.3 Å². The first-order valence-electron chi connectivity index (χ1n) is 6.80. The minimum Gasteiger partial charge on any atom is -0.301 e. The van der Waals surface area contributed by atoms with Gasteiger partial charge < -0.3 is 5.32 Å². The monoisotopic (exact) mass is 332 g/mol. The van der Waals surface area contributed by atoms with Gasteiger partial charge in [-0.25, -0.2) is 9.97 Å². The number of hydrogen-bond donors (Lipinski definition) is 1. The smallest absolute Gasteiger partial charge is 0.236 e. The molecule has 0 atom stereocenters. The normalized spacial score (nSPS) is 10.5. The first-order valence-corrected chi connectivity index (χ1v) is 8.67. The molecule has 0 saturated carbocycles. The zero-order chi connectivity index (χ0) is 15.9. The maximum Gasteiger partial charge on any atom is 0.236 e. The molecule has 0 aliphatic rings. The first kappa shape index (κ1) is 16.5. The highest BCUT2D eigenvalue weighted by molar-refractivity contribution is 8.00. The molecular weight excluding hydrogens is 316 g/mol. The molecular formula is C15H16N4OS2. The molecule has 0 radical (unpaired) electrons. The molecule has 1 amide bonds. The van der Waals surface area contributed by atoms with Gasteiger partial charge in [0.1, 0.15) is 11.1 Å². The van der Waals surface area contributed by atoms with Crippen molar-refractivity contribution in [3.63, 3.8) is 0 Å². The van der Waals surface area contributed by atoms with Crippen molar-refractivity contribution < 1.29 is 4.79 Å². The lowest BCUT2D eigenvalue weighted by Crippen LogP contribution is -2.14. The van der Waals surface area contributed by atoms with E-state index in [2.05, 4.69) is 35.2 Å². The Morgan fingerprint density at radius 1 is 1.50 bits per heavy atom. The van der Waals surface area contributed by atoms with Gasteiger partial charge in [0.05, 0.1) is 11.3 Å². The van der Waals surface area contributed by atoms with Gasteiger partial charge >= 0.3 is 0 Å². The van der Waals surface area contributed by atoms with Gasteiger partial charge in [-0.1, -0.05) is 25.6 Å². The summed E-state index contributed by atoms with van der Waals surface area (Å²) in [4.78, 5) is 20.4. The second kappa shape index (κ2) is 7.92. The van der Waals surface area contributed by atoms with Crippen LogP contribution in [0.25, 0.3) is 0 Å². The molecule has 2 aromatic heterocycles. The van der Waals surface area contributed by atoms with Gasteiger partial charge in [-0.05, 0) is 24.5 Å². The molecule has 0 aliphatic carbocycles. The van der Waals surface area contributed by atoms with Gasteiger partial charge in [-0.2, -0.15) is 5.26 Å². The van der Waals surface area contributed by atoms with Gasteiger partial charge in [0, 0.05) is 17.3 Å². The lowest BCUT2D eigenvalue weighted by atomic mass is 10.1. The van der Waals surface area contributed by atoms with Crippen LogP contribution < -0.4 is 5.32 Å². The molecule has 5 nitrogen and oxygen atoms in total. The number of pyridine rings is 1. The Kier molecular flexibility index (Phi) is 5.92. The number of nitrogens with zero attached hydrogens (tertiary/aromatic N) is 3. The highest BCUT2D eigenvalue weighted by Gasteiger charge is 2.11. The number of anilines is 1. The van der Waals surface area contributed by atoms with Crippen molar-refractivity contribution in [2.75, 3.05) is 11.1 Å². The van der Waals surface area contributed by atoms with Crippen LogP contribution in [0.15, 0.2) is 28.7 Å². The fourth-order valence-electron chi connectivity index (χ4n) is 1.78. The van der Waals surface area contributed by atoms with Crippen molar-refractivity contribution in [2.24, 2.45) is 5.92 Å². The van der Waals surface area contributed by atoms with Crippen molar-refractivity contribution >= 4 is 34.1 Å². The molecule has 2 heterocycles. The molecule has 0 fully saturated rings. The molecule has 1 N–H and O–H groups in total. The average Bonchev–Trinajstić information content (AvgIpc) is 2.97. The summed E-state index contributed by atoms with van der Waals surface area (Å²) in [6.07, 6.45) is 2.49. The molecule has 0 spiro atoms. The summed E-state index contributed by atoms with van der Waals surface area (Å²) < 4.78 is 0. The lowest BCUT2D eigenvalue weighted by molar-refractivity contribution is -0.113. The number of thiazole rings is 1. The highest BCUT2D eigenvalue weighted by atomic mass is 32.2. The Bertz CT molecular complexity index is 677. The van der Waals surface area contributed by atoms with Crippen LogP contribution in [0.3, 0.4) is 0 Å². The summed E-state index contributed by atoms with van der Waals surface area (Å²) in [6.45, 7) is 4.24. The topological polar surface area (TPSA) is 78.7 Å². The van der Waals surface area contributed by atoms with Crippen molar-refractivity contribution in [3.05, 3.63) is 35.0 Å². The number of aromatic nitrogens is 2. The van der Waals surface area contributed by atoms with Crippen molar-refractivity contribution in [3.8, 4) is 6.07 Å². The number of rotatable bonds is 6. The number of amides is 1. The maximum absolute atomic E-state index is 11.9. The summed E-state index contributed by atoms with van der Waals surface area (Å²) in [7, 11) is 0. The van der Waals surface area contributed by atoms with Crippen LogP contribution in [0, 0.1) is 17.2 Å². The zero-order valence-corrected chi connectivity index (χ0v) is 14.0. The molecule has 22 heavy (non-hydrogen) atoms. The number of carbonyl (C=O) groups is 1. The quantitative estimate of drug-likeness (QED) is 0.821. The molecule has 0 unspecified atom stereocenters. The molecule has 0 saturated heterocycles. The van der Waals surface area contributed by atoms with Gasteiger partial charge in [0.25, 0.3) is 0 Å². The third kappa shape index (κ3) is 4.83. The Morgan fingerprint density at radius 3 is 2.95 bits per heavy atom. The Balaban J connectivity index is 2.01. The fraction of sp³-hybridized carbons (Fsp3) is 0.333. The van der Waals surface area contributed by atoms with Crippen LogP contribution in [-0.4, -0.2) is 21.6 Å². The number of nitrogens with one attached hydrogen (secondary N) is 1. The van der Waals surface area contributed by atoms with E-state index >= 15 is 0 Å². The molecule has 0 aromatic carbocycles. The van der Waals surface area contributed by atoms with Crippen LogP contribution in [0.4, 0.5) is 5.13 Å². The van der Waals surface area contributed by atoms with E-state index in [1.54, 1.807) is 17.6 Å². The minimum atomic E-state index is -0.153. The second-order valence-electron chi connectivity index (χ2n) is 5.04. The molecule has 2 rings (SSSR count). The van der Waals surface area contributed by atoms with Gasteiger partial charge in [0.15, 0.2) is 5.13 Å². The highest BCUT2D eigenvalue weighted by Crippen LogP contribution is 2.22. The van der Waals surface area contributed by atoms with E-state index < -0.39 is 0 Å². The van der Waals surface area contributed by atoms with Crippen LogP contribution >= 0.6 is 23.1 Å². The van der Waals surface area contributed by atoms with Gasteiger partial charge in [-0.3, -0.25) is 4.79 Å². The number of thioether (sulfide) groups is 1. The molecule has 2 aromatic rings. The predicted molar refractivity (Wildman–Crippen MR) is 89.0 cm³/mol. The second-order valence-corrected chi connectivity index (χ2v) is 6.90. The van der Waals surface area contributed by atoms with Gasteiger partial charge in [0.2, 0.25) is 5.91 Å². The third-order valence-corrected chi connectivity index (χ3v) is 4.35. The largest absolute Gasteiger partial charge is 0.301 e. The molecule has 7 heteroatoms. The van der Waals surface area contributed by atoms with E-state index in [-0.39, 0.29) is 11.7 Å². The fourth-order valence-corrected chi connectivity index (χ4v) is 3.12. The average molecular weight is 332 g/mol. The van der Waals surface area contributed by atoms with Crippen molar-refractivity contribution in [1.82, 2.24) is 9.97 Å². The number of hydrogen-bond acceptors (Lipinski definition) is 6. The van der Waals surface area contributed by atoms with Crippen LogP contribution in [0.5, 0.6) is 0 Å². The first-order chi connectivity index (χ1) is 10.6. The van der Waals surface area contributed by atoms with E-state index in [0.29, 0.717) is 21.6 Å². The number of carbonyl (C=O) groups excluding carboxylic acids is 1. The Morgan fingerprint density at radius 2 is 2.32 bits per heavy atom. The zero-order valence-electron chi connectivity index (χ0n) is 12.4. The van der Waals surface area contributed by atoms with E-state index in [4.69, 9.17) is 5.26 Å². The number of nitriles is 1. The predicted octanol–water partition coefficient (Wildman–Crippen LogP) is 3.34. The van der Waals surface area contributed by atoms with Gasteiger partial charge in [-0.15, -0.1) is 11.3 Å². The maximum atomic E-state index is 11.9. The SMILES string of the molecule is CC(C)Cc1ccc(C#N)c(SCC(=O)Nc2nccs2)n1. The summed E-state index contributed by atoms with van der Waals surface area (Å²) >= 11 is 2.64. The van der Waals surface area contributed by atoms with Crippen LogP contribution in [-0.2, 0) is 11.2 Å². The van der Waals surface area contributed by atoms with E-state index in [0.717, 1.165) is 12.1 Å². The molecule has 0 bridgehead atoms. The lowest BCUT2D eigenvalue weighted by Gasteiger charge is -2.08. The summed E-state index contributed by atoms with van der Waals surface area (Å²) in [5.41, 5.74) is 1.44. The van der Waals surface area contributed by atoms with E-state index in [1.807, 2.05) is 6.07 Å². The van der Waals surface area contributed by atoms with E-state index in [9.17, 15) is 4.79 Å².